The summed E-state index contributed by atoms with van der Waals surface area (Å²) in [5, 5.41) is 7.90. The van der Waals surface area contributed by atoms with E-state index in [4.69, 9.17) is 0 Å². The first-order chi connectivity index (χ1) is 11.2. The number of nitrogens with zero attached hydrogens (tertiary/aromatic N) is 2. The lowest BCUT2D eigenvalue weighted by Gasteiger charge is -2.15. The van der Waals surface area contributed by atoms with Crippen molar-refractivity contribution < 1.29 is 8.78 Å². The highest BCUT2D eigenvalue weighted by atomic mass is 19.1. The van der Waals surface area contributed by atoms with E-state index in [0.29, 0.717) is 23.5 Å². The van der Waals surface area contributed by atoms with Crippen molar-refractivity contribution >= 4 is 0 Å². The van der Waals surface area contributed by atoms with Crippen LogP contribution in [0, 0.1) is 11.6 Å². The van der Waals surface area contributed by atoms with Crippen molar-refractivity contribution in [1.82, 2.24) is 15.1 Å². The van der Waals surface area contributed by atoms with Gasteiger partial charge in [0.15, 0.2) is 0 Å². The maximum atomic E-state index is 14.2. The van der Waals surface area contributed by atoms with Crippen molar-refractivity contribution in [3.8, 4) is 16.9 Å². The van der Waals surface area contributed by atoms with Gasteiger partial charge in [-0.15, -0.1) is 0 Å². The largest absolute Gasteiger partial charge is 0.312 e. The molecule has 0 radical (unpaired) electrons. The van der Waals surface area contributed by atoms with E-state index in [-0.39, 0.29) is 11.6 Å². The van der Waals surface area contributed by atoms with E-state index < -0.39 is 0 Å². The lowest BCUT2D eigenvalue weighted by atomic mass is 10.0. The van der Waals surface area contributed by atoms with Crippen molar-refractivity contribution in [2.24, 2.45) is 0 Å². The monoisotopic (exact) mass is 311 g/mol. The summed E-state index contributed by atoms with van der Waals surface area (Å²) >= 11 is 0. The summed E-state index contributed by atoms with van der Waals surface area (Å²) in [6, 6.07) is 12.9. The predicted octanol–water partition coefficient (Wildman–Crippen LogP) is 3.46. The second kappa shape index (κ2) is 5.59. The van der Waals surface area contributed by atoms with Crippen LogP contribution in [0.15, 0.2) is 48.5 Å². The second-order valence-electron chi connectivity index (χ2n) is 5.57. The summed E-state index contributed by atoms with van der Waals surface area (Å²) in [7, 11) is 0. The molecular formula is C18H15F2N3. The average Bonchev–Trinajstić information content (AvgIpc) is 2.95. The second-order valence-corrected chi connectivity index (χ2v) is 5.57. The average molecular weight is 311 g/mol. The van der Waals surface area contributed by atoms with Gasteiger partial charge in [-0.05, 0) is 30.3 Å². The first-order valence-corrected chi connectivity index (χ1v) is 7.56. The van der Waals surface area contributed by atoms with Gasteiger partial charge in [0, 0.05) is 30.6 Å². The number of hydrogen-bond acceptors (Lipinski definition) is 2. The highest BCUT2D eigenvalue weighted by molar-refractivity contribution is 5.66. The first kappa shape index (κ1) is 14.1. The molecule has 2 aromatic carbocycles. The van der Waals surface area contributed by atoms with Crippen molar-refractivity contribution in [3.05, 3.63) is 71.4 Å². The topological polar surface area (TPSA) is 29.9 Å². The van der Waals surface area contributed by atoms with Gasteiger partial charge in [0.05, 0.1) is 11.4 Å². The Morgan fingerprint density at radius 3 is 2.74 bits per heavy atom. The van der Waals surface area contributed by atoms with E-state index in [1.54, 1.807) is 28.9 Å². The highest BCUT2D eigenvalue weighted by Gasteiger charge is 2.23. The Hall–Kier alpha value is -2.53. The van der Waals surface area contributed by atoms with Crippen LogP contribution in [0.1, 0.15) is 11.3 Å². The van der Waals surface area contributed by atoms with Crippen LogP contribution in [0.2, 0.25) is 0 Å². The Bertz CT molecular complexity index is 870. The van der Waals surface area contributed by atoms with Crippen LogP contribution < -0.4 is 5.32 Å². The van der Waals surface area contributed by atoms with Crippen molar-refractivity contribution in [1.29, 1.82) is 0 Å². The van der Waals surface area contributed by atoms with Crippen LogP contribution in [0.4, 0.5) is 8.78 Å². The first-order valence-electron chi connectivity index (χ1n) is 7.56. The van der Waals surface area contributed by atoms with Crippen LogP contribution in [-0.4, -0.2) is 16.3 Å². The minimum Gasteiger partial charge on any atom is -0.312 e. The molecule has 0 aliphatic carbocycles. The normalized spacial score (nSPS) is 13.8. The van der Waals surface area contributed by atoms with Gasteiger partial charge in [-0.3, -0.25) is 0 Å². The number of aromatic nitrogens is 2. The zero-order valence-electron chi connectivity index (χ0n) is 12.4. The molecule has 1 aliphatic heterocycles. The van der Waals surface area contributed by atoms with E-state index in [9.17, 15) is 8.78 Å². The minimum absolute atomic E-state index is 0.301. The maximum absolute atomic E-state index is 14.2. The quantitative estimate of drug-likeness (QED) is 0.785. The van der Waals surface area contributed by atoms with Gasteiger partial charge in [-0.25, -0.2) is 13.5 Å². The molecule has 0 spiro atoms. The fourth-order valence-electron chi connectivity index (χ4n) is 3.04. The van der Waals surface area contributed by atoms with Gasteiger partial charge in [0.2, 0.25) is 0 Å². The van der Waals surface area contributed by atoms with E-state index in [1.165, 1.54) is 18.2 Å². The van der Waals surface area contributed by atoms with E-state index in [0.717, 1.165) is 24.2 Å². The van der Waals surface area contributed by atoms with Gasteiger partial charge in [0.25, 0.3) is 0 Å². The number of benzene rings is 2. The molecule has 116 valence electrons. The molecule has 0 fully saturated rings. The third-order valence-electron chi connectivity index (χ3n) is 4.11. The molecule has 0 atom stereocenters. The maximum Gasteiger partial charge on any atom is 0.132 e. The molecule has 3 nitrogen and oxygen atoms in total. The van der Waals surface area contributed by atoms with E-state index in [1.807, 2.05) is 6.07 Å². The lowest BCUT2D eigenvalue weighted by Crippen LogP contribution is -2.24. The molecular weight excluding hydrogens is 296 g/mol. The molecule has 0 saturated heterocycles. The van der Waals surface area contributed by atoms with Crippen LogP contribution in [0.5, 0.6) is 0 Å². The molecule has 3 aromatic rings. The number of fused-ring (bicyclic) bond motifs is 1. The van der Waals surface area contributed by atoms with Gasteiger partial charge in [-0.2, -0.15) is 5.10 Å². The van der Waals surface area contributed by atoms with E-state index in [2.05, 4.69) is 10.4 Å². The molecule has 1 N–H and O–H groups in total. The Balaban J connectivity index is 1.94. The molecule has 1 aliphatic rings. The Morgan fingerprint density at radius 1 is 1.04 bits per heavy atom. The van der Waals surface area contributed by atoms with Crippen LogP contribution in [-0.2, 0) is 13.0 Å². The molecule has 0 amide bonds. The Morgan fingerprint density at radius 2 is 1.91 bits per heavy atom. The third kappa shape index (κ3) is 2.43. The summed E-state index contributed by atoms with van der Waals surface area (Å²) in [6.07, 6.45) is 0.771. The number of halogens is 2. The summed E-state index contributed by atoms with van der Waals surface area (Å²) in [4.78, 5) is 0. The van der Waals surface area contributed by atoms with Crippen LogP contribution in [0.25, 0.3) is 16.9 Å². The van der Waals surface area contributed by atoms with Gasteiger partial charge in [-0.1, -0.05) is 18.2 Å². The van der Waals surface area contributed by atoms with Crippen LogP contribution in [0.3, 0.4) is 0 Å². The summed E-state index contributed by atoms with van der Waals surface area (Å²) in [5.41, 5.74) is 3.74. The van der Waals surface area contributed by atoms with Crippen LogP contribution >= 0.6 is 0 Å². The molecule has 23 heavy (non-hydrogen) atoms. The molecule has 1 aromatic heterocycles. The molecule has 0 bridgehead atoms. The van der Waals surface area contributed by atoms with Crippen molar-refractivity contribution in [3.63, 3.8) is 0 Å². The molecule has 5 heteroatoms. The highest BCUT2D eigenvalue weighted by Crippen LogP contribution is 2.31. The standard InChI is InChI=1S/C18H15F2N3/c19-12-4-3-5-13(10-12)23-17-8-9-21-11-15(17)18(22-23)14-6-1-2-7-16(14)20/h1-7,10,21H,8-9,11H2. The molecule has 4 rings (SSSR count). The fourth-order valence-corrected chi connectivity index (χ4v) is 3.04. The number of hydrogen-bond donors (Lipinski definition) is 1. The molecule has 0 saturated carbocycles. The molecule has 2 heterocycles. The van der Waals surface area contributed by atoms with Gasteiger partial charge in [0.1, 0.15) is 17.3 Å². The third-order valence-corrected chi connectivity index (χ3v) is 4.11. The van der Waals surface area contributed by atoms with E-state index >= 15 is 0 Å². The Labute approximate surface area is 132 Å². The summed E-state index contributed by atoms with van der Waals surface area (Å²) < 4.78 is 29.5. The smallest absolute Gasteiger partial charge is 0.132 e. The fraction of sp³-hybridized carbons (Fsp3) is 0.167. The van der Waals surface area contributed by atoms with Crippen molar-refractivity contribution in [2.75, 3.05) is 6.54 Å². The summed E-state index contributed by atoms with van der Waals surface area (Å²) in [5.74, 6) is -0.613. The minimum atomic E-state index is -0.312. The zero-order valence-corrected chi connectivity index (χ0v) is 12.4. The predicted molar refractivity (Wildman–Crippen MR) is 84.3 cm³/mol. The number of rotatable bonds is 2. The van der Waals surface area contributed by atoms with Crippen molar-refractivity contribution in [2.45, 2.75) is 13.0 Å². The Kier molecular flexibility index (Phi) is 3.42. The van der Waals surface area contributed by atoms with Gasteiger partial charge >= 0.3 is 0 Å². The zero-order chi connectivity index (χ0) is 15.8. The summed E-state index contributed by atoms with van der Waals surface area (Å²) in [6.45, 7) is 1.46. The molecule has 0 unspecified atom stereocenters. The number of nitrogens with one attached hydrogen (secondary N) is 1. The lowest BCUT2D eigenvalue weighted by molar-refractivity contribution is 0.614. The van der Waals surface area contributed by atoms with Gasteiger partial charge < -0.3 is 5.32 Å². The SMILES string of the molecule is Fc1cccc(-n2nc(-c3ccccc3F)c3c2CCNC3)c1.